The Morgan fingerprint density at radius 1 is 0.677 bits per heavy atom. The molecule has 2 rings (SSSR count). The van der Waals surface area contributed by atoms with E-state index in [2.05, 4.69) is 13.2 Å². The van der Waals surface area contributed by atoms with Crippen molar-refractivity contribution < 1.29 is 16.8 Å². The molecule has 2 aromatic carbocycles. The molecule has 2 aromatic rings. The van der Waals surface area contributed by atoms with Gasteiger partial charge in [0.05, 0.1) is 9.79 Å². The lowest BCUT2D eigenvalue weighted by Crippen LogP contribution is -2.36. The molecule has 0 N–H and O–H groups in total. The number of sulfonamides is 2. The van der Waals surface area contributed by atoms with Crippen molar-refractivity contribution in [3.63, 3.8) is 0 Å². The van der Waals surface area contributed by atoms with E-state index in [0.29, 0.717) is 6.42 Å². The van der Waals surface area contributed by atoms with Crippen molar-refractivity contribution in [2.45, 2.75) is 30.1 Å². The van der Waals surface area contributed by atoms with E-state index in [1.54, 1.807) is 48.5 Å². The summed E-state index contributed by atoms with van der Waals surface area (Å²) in [6.07, 6.45) is 3.38. The number of benzene rings is 2. The third-order valence-corrected chi connectivity index (χ3v) is 8.56. The van der Waals surface area contributed by atoms with Gasteiger partial charge in [-0.1, -0.05) is 47.5 Å². The third kappa shape index (κ3) is 6.36. The molecule has 31 heavy (non-hydrogen) atoms. The summed E-state index contributed by atoms with van der Waals surface area (Å²) in [4.78, 5) is 0.408. The Labute approximate surface area is 186 Å². The molecule has 0 atom stereocenters. The molecule has 0 saturated carbocycles. The van der Waals surface area contributed by atoms with Crippen molar-refractivity contribution in [2.75, 3.05) is 26.2 Å². The fourth-order valence-electron chi connectivity index (χ4n) is 3.05. The van der Waals surface area contributed by atoms with Crippen molar-refractivity contribution >= 4 is 20.0 Å². The lowest BCUT2D eigenvalue weighted by atomic mass is 10.2. The van der Waals surface area contributed by atoms with E-state index in [0.717, 1.165) is 11.1 Å². The first-order valence-electron chi connectivity index (χ1n) is 9.98. The number of nitrogens with zero attached hydrogens (tertiary/aromatic N) is 2. The van der Waals surface area contributed by atoms with Crippen molar-refractivity contribution in [1.82, 2.24) is 8.61 Å². The highest BCUT2D eigenvalue weighted by Gasteiger charge is 2.26. The Kier molecular flexibility index (Phi) is 8.76. The molecule has 0 amide bonds. The SMILES string of the molecule is C=CCN(CCCN(CC=C)S(=O)(=O)c1ccc(C)cc1)S(=O)(=O)c1ccc(C)cc1. The van der Waals surface area contributed by atoms with E-state index < -0.39 is 20.0 Å². The van der Waals surface area contributed by atoms with Gasteiger partial charge in [-0.15, -0.1) is 13.2 Å². The van der Waals surface area contributed by atoms with Gasteiger partial charge in [0, 0.05) is 26.2 Å². The molecule has 0 bridgehead atoms. The molecule has 0 aliphatic rings. The topological polar surface area (TPSA) is 74.8 Å². The van der Waals surface area contributed by atoms with Crippen molar-refractivity contribution in [2.24, 2.45) is 0 Å². The molecular weight excluding hydrogens is 432 g/mol. The second kappa shape index (κ2) is 10.9. The van der Waals surface area contributed by atoms with Crippen LogP contribution in [-0.2, 0) is 20.0 Å². The average molecular weight is 463 g/mol. The molecule has 0 aromatic heterocycles. The molecule has 0 aliphatic carbocycles. The molecule has 0 unspecified atom stereocenters. The van der Waals surface area contributed by atoms with E-state index in [-0.39, 0.29) is 36.0 Å². The van der Waals surface area contributed by atoms with Gasteiger partial charge < -0.3 is 0 Å². The van der Waals surface area contributed by atoms with Crippen molar-refractivity contribution in [3.05, 3.63) is 85.0 Å². The van der Waals surface area contributed by atoms with Crippen LogP contribution >= 0.6 is 0 Å². The Morgan fingerprint density at radius 3 is 1.29 bits per heavy atom. The van der Waals surface area contributed by atoms with E-state index in [1.165, 1.54) is 20.8 Å². The summed E-state index contributed by atoms with van der Waals surface area (Å²) >= 11 is 0. The summed E-state index contributed by atoms with van der Waals surface area (Å²) in [7, 11) is -7.42. The van der Waals surface area contributed by atoms with Crippen molar-refractivity contribution in [1.29, 1.82) is 0 Å². The molecule has 168 valence electrons. The quantitative estimate of drug-likeness (QED) is 0.450. The minimum atomic E-state index is -3.71. The Bertz CT molecular complexity index is 1000. The summed E-state index contributed by atoms with van der Waals surface area (Å²) in [5.74, 6) is 0. The van der Waals surface area contributed by atoms with Gasteiger partial charge in [-0.2, -0.15) is 8.61 Å². The maximum absolute atomic E-state index is 13.0. The first-order valence-corrected chi connectivity index (χ1v) is 12.9. The van der Waals surface area contributed by atoms with Crippen molar-refractivity contribution in [3.8, 4) is 0 Å². The second-order valence-electron chi connectivity index (χ2n) is 7.28. The van der Waals surface area contributed by atoms with Crippen LogP contribution in [0.5, 0.6) is 0 Å². The summed E-state index contributed by atoms with van der Waals surface area (Å²) in [6.45, 7) is 11.7. The Morgan fingerprint density at radius 2 is 1.00 bits per heavy atom. The maximum atomic E-state index is 13.0. The third-order valence-electron chi connectivity index (χ3n) is 4.80. The number of rotatable bonds is 12. The predicted molar refractivity (Wildman–Crippen MR) is 125 cm³/mol. The van der Waals surface area contributed by atoms with Gasteiger partial charge in [-0.05, 0) is 44.5 Å². The van der Waals surface area contributed by atoms with Crippen LogP contribution in [0.1, 0.15) is 17.5 Å². The average Bonchev–Trinajstić information content (AvgIpc) is 2.73. The monoisotopic (exact) mass is 462 g/mol. The first kappa shape index (κ1) is 25.0. The smallest absolute Gasteiger partial charge is 0.207 e. The normalized spacial score (nSPS) is 12.3. The number of hydrogen-bond donors (Lipinski definition) is 0. The zero-order chi connectivity index (χ0) is 23.1. The van der Waals surface area contributed by atoms with Gasteiger partial charge in [0.2, 0.25) is 20.0 Å². The lowest BCUT2D eigenvalue weighted by molar-refractivity contribution is 0.387. The highest BCUT2D eigenvalue weighted by Crippen LogP contribution is 2.19. The largest absolute Gasteiger partial charge is 0.243 e. The standard InChI is InChI=1S/C23H30N2O4S2/c1-5-16-24(30(26,27)22-12-8-20(3)9-13-22)18-7-19-25(17-6-2)31(28,29)23-14-10-21(4)11-15-23/h5-6,8-15H,1-2,7,16-19H2,3-4H3. The summed E-state index contributed by atoms with van der Waals surface area (Å²) in [6, 6.07) is 13.3. The van der Waals surface area contributed by atoms with Gasteiger partial charge in [-0.3, -0.25) is 0 Å². The van der Waals surface area contributed by atoms with Crippen LogP contribution in [0.25, 0.3) is 0 Å². The molecule has 0 heterocycles. The summed E-state index contributed by atoms with van der Waals surface area (Å²) in [5, 5.41) is 0. The Hall–Kier alpha value is -2.26. The van der Waals surface area contributed by atoms with Crippen LogP contribution in [0.4, 0.5) is 0 Å². The predicted octanol–water partition coefficient (Wildman–Crippen LogP) is 3.75. The summed E-state index contributed by atoms with van der Waals surface area (Å²) in [5.41, 5.74) is 1.94. The molecule has 0 radical (unpaired) electrons. The van der Waals surface area contributed by atoms with E-state index >= 15 is 0 Å². The first-order chi connectivity index (χ1) is 14.6. The highest BCUT2D eigenvalue weighted by atomic mass is 32.2. The van der Waals surface area contributed by atoms with Gasteiger partial charge in [0.25, 0.3) is 0 Å². The Balaban J connectivity index is 2.16. The molecule has 0 fully saturated rings. The van der Waals surface area contributed by atoms with Gasteiger partial charge >= 0.3 is 0 Å². The van der Waals surface area contributed by atoms with Crippen LogP contribution in [-0.4, -0.2) is 51.6 Å². The van der Waals surface area contributed by atoms with E-state index in [1.807, 2.05) is 13.8 Å². The van der Waals surface area contributed by atoms with E-state index in [4.69, 9.17) is 0 Å². The molecule has 0 spiro atoms. The minimum absolute atomic E-state index is 0.141. The van der Waals surface area contributed by atoms with Gasteiger partial charge in [0.15, 0.2) is 0 Å². The van der Waals surface area contributed by atoms with E-state index in [9.17, 15) is 16.8 Å². The highest BCUT2D eigenvalue weighted by molar-refractivity contribution is 7.89. The maximum Gasteiger partial charge on any atom is 0.243 e. The second-order valence-corrected chi connectivity index (χ2v) is 11.2. The van der Waals surface area contributed by atoms with Gasteiger partial charge in [0.1, 0.15) is 0 Å². The summed E-state index contributed by atoms with van der Waals surface area (Å²) < 4.78 is 54.7. The van der Waals surface area contributed by atoms with Crippen LogP contribution in [0.3, 0.4) is 0 Å². The van der Waals surface area contributed by atoms with Gasteiger partial charge in [-0.25, -0.2) is 16.8 Å². The van der Waals surface area contributed by atoms with Crippen LogP contribution in [0.15, 0.2) is 83.6 Å². The fraction of sp³-hybridized carbons (Fsp3) is 0.304. The lowest BCUT2D eigenvalue weighted by Gasteiger charge is -2.24. The molecule has 0 saturated heterocycles. The zero-order valence-electron chi connectivity index (χ0n) is 18.1. The number of hydrogen-bond acceptors (Lipinski definition) is 4. The molecular formula is C23H30N2O4S2. The minimum Gasteiger partial charge on any atom is -0.207 e. The fourth-order valence-corrected chi connectivity index (χ4v) is 5.95. The number of aryl methyl sites for hydroxylation is 2. The van der Waals surface area contributed by atoms with Crippen LogP contribution in [0, 0.1) is 13.8 Å². The zero-order valence-corrected chi connectivity index (χ0v) is 19.7. The molecule has 6 nitrogen and oxygen atoms in total. The van der Waals surface area contributed by atoms with Crippen LogP contribution < -0.4 is 0 Å². The molecule has 8 heteroatoms. The van der Waals surface area contributed by atoms with Crippen LogP contribution in [0.2, 0.25) is 0 Å². The molecule has 0 aliphatic heterocycles.